The van der Waals surface area contributed by atoms with Gasteiger partial charge in [0.25, 0.3) is 5.91 Å². The highest BCUT2D eigenvalue weighted by Gasteiger charge is 2.24. The average molecular weight is 496 g/mol. The Morgan fingerprint density at radius 2 is 1.56 bits per heavy atom. The highest BCUT2D eigenvalue weighted by atomic mass is 19.1. The number of nitrogens with zero attached hydrogens (tertiary/aromatic N) is 3. The molecule has 36 heavy (non-hydrogen) atoms. The van der Waals surface area contributed by atoms with Crippen molar-refractivity contribution in [1.29, 1.82) is 0 Å². The number of halogens is 1. The van der Waals surface area contributed by atoms with Gasteiger partial charge in [0.1, 0.15) is 5.82 Å². The molecule has 1 heterocycles. The molecule has 1 saturated heterocycles. The maximum Gasteiger partial charge on any atom is 0.253 e. The Morgan fingerprint density at radius 3 is 2.14 bits per heavy atom. The van der Waals surface area contributed by atoms with E-state index in [1.165, 1.54) is 17.7 Å². The summed E-state index contributed by atoms with van der Waals surface area (Å²) in [6, 6.07) is 14.4. The first-order chi connectivity index (χ1) is 17.2. The van der Waals surface area contributed by atoms with Crippen LogP contribution in [0.4, 0.5) is 4.39 Å². The van der Waals surface area contributed by atoms with Crippen molar-refractivity contribution in [2.75, 3.05) is 39.3 Å². The minimum atomic E-state index is -0.267. The van der Waals surface area contributed by atoms with E-state index in [-0.39, 0.29) is 23.0 Å². The lowest BCUT2D eigenvalue weighted by molar-refractivity contribution is -0.132. The second-order valence-electron chi connectivity index (χ2n) is 10.9. The van der Waals surface area contributed by atoms with Crippen molar-refractivity contribution in [3.8, 4) is 0 Å². The molecule has 0 bridgehead atoms. The molecule has 0 radical (unpaired) electrons. The second kappa shape index (κ2) is 13.0. The van der Waals surface area contributed by atoms with Gasteiger partial charge in [0.05, 0.1) is 0 Å². The molecular formula is C30H42FN3O2. The first kappa shape index (κ1) is 27.9. The zero-order valence-electron chi connectivity index (χ0n) is 22.4. The fourth-order valence-electron chi connectivity index (χ4n) is 4.52. The van der Waals surface area contributed by atoms with E-state index in [4.69, 9.17) is 0 Å². The molecule has 1 fully saturated rings. The van der Waals surface area contributed by atoms with E-state index in [2.05, 4.69) is 44.7 Å². The standard InChI is InChI=1S/C30H42FN3O2/c1-5-6-7-8-28(35)34(23-24-9-15-27(31)16-10-24)22-19-32-17-20-33(21-18-32)29(36)25-11-13-26(14-12-25)30(2,3)4/h9-16H,5-8,17-23H2,1-4H3. The third kappa shape index (κ3) is 8.16. The quantitative estimate of drug-likeness (QED) is 0.410. The molecule has 1 aliphatic rings. The number of hydrogen-bond acceptors (Lipinski definition) is 3. The molecule has 0 N–H and O–H groups in total. The van der Waals surface area contributed by atoms with Crippen LogP contribution in [0.3, 0.4) is 0 Å². The minimum absolute atomic E-state index is 0.0647. The molecule has 2 aromatic rings. The van der Waals surface area contributed by atoms with E-state index in [0.29, 0.717) is 32.6 Å². The van der Waals surface area contributed by atoms with Crippen molar-refractivity contribution in [3.63, 3.8) is 0 Å². The summed E-state index contributed by atoms with van der Waals surface area (Å²) in [7, 11) is 0. The van der Waals surface area contributed by atoms with Gasteiger partial charge in [-0.2, -0.15) is 0 Å². The smallest absolute Gasteiger partial charge is 0.253 e. The van der Waals surface area contributed by atoms with Crippen LogP contribution in [0.25, 0.3) is 0 Å². The highest BCUT2D eigenvalue weighted by Crippen LogP contribution is 2.22. The molecular weight excluding hydrogens is 453 g/mol. The largest absolute Gasteiger partial charge is 0.337 e. The number of amides is 2. The summed E-state index contributed by atoms with van der Waals surface area (Å²) in [5.41, 5.74) is 2.96. The maximum atomic E-state index is 13.3. The molecule has 0 saturated carbocycles. The fourth-order valence-corrected chi connectivity index (χ4v) is 4.52. The van der Waals surface area contributed by atoms with E-state index in [9.17, 15) is 14.0 Å². The molecule has 5 nitrogen and oxygen atoms in total. The summed E-state index contributed by atoms with van der Waals surface area (Å²) in [6.45, 7) is 13.5. The Morgan fingerprint density at radius 1 is 0.917 bits per heavy atom. The Labute approximate surface area is 216 Å². The van der Waals surface area contributed by atoms with Gasteiger partial charge in [-0.1, -0.05) is 64.8 Å². The van der Waals surface area contributed by atoms with Gasteiger partial charge in [-0.05, 0) is 47.2 Å². The lowest BCUT2D eigenvalue weighted by Crippen LogP contribution is -2.50. The second-order valence-corrected chi connectivity index (χ2v) is 10.9. The van der Waals surface area contributed by atoms with Gasteiger partial charge in [-0.3, -0.25) is 14.5 Å². The lowest BCUT2D eigenvalue weighted by atomic mass is 9.86. The van der Waals surface area contributed by atoms with Crippen LogP contribution in [-0.2, 0) is 16.8 Å². The Bertz CT molecular complexity index is 975. The molecule has 0 aliphatic carbocycles. The highest BCUT2D eigenvalue weighted by molar-refractivity contribution is 5.94. The first-order valence-corrected chi connectivity index (χ1v) is 13.3. The number of hydrogen-bond donors (Lipinski definition) is 0. The third-order valence-electron chi connectivity index (χ3n) is 6.98. The Hall–Kier alpha value is -2.73. The normalized spacial score (nSPS) is 14.6. The summed E-state index contributed by atoms with van der Waals surface area (Å²) in [4.78, 5) is 32.1. The van der Waals surface area contributed by atoms with Gasteiger partial charge in [0.2, 0.25) is 5.91 Å². The predicted octanol–water partition coefficient (Wildman–Crippen LogP) is 5.49. The lowest BCUT2D eigenvalue weighted by Gasteiger charge is -2.36. The summed E-state index contributed by atoms with van der Waals surface area (Å²) in [5.74, 6) is -0.0309. The summed E-state index contributed by atoms with van der Waals surface area (Å²) in [6.07, 6.45) is 3.57. The van der Waals surface area contributed by atoms with Crippen LogP contribution in [0.15, 0.2) is 48.5 Å². The van der Waals surface area contributed by atoms with Crippen molar-refractivity contribution < 1.29 is 14.0 Å². The van der Waals surface area contributed by atoms with Gasteiger partial charge < -0.3 is 9.80 Å². The molecule has 0 atom stereocenters. The Kier molecular flexibility index (Phi) is 10.1. The van der Waals surface area contributed by atoms with Crippen molar-refractivity contribution in [2.24, 2.45) is 0 Å². The fraction of sp³-hybridized carbons (Fsp3) is 0.533. The maximum absolute atomic E-state index is 13.3. The summed E-state index contributed by atoms with van der Waals surface area (Å²) in [5, 5.41) is 0. The third-order valence-corrected chi connectivity index (χ3v) is 6.98. The molecule has 0 unspecified atom stereocenters. The zero-order chi connectivity index (χ0) is 26.1. The van der Waals surface area contributed by atoms with E-state index < -0.39 is 0 Å². The summed E-state index contributed by atoms with van der Waals surface area (Å²) < 4.78 is 13.3. The number of unbranched alkanes of at least 4 members (excludes halogenated alkanes) is 2. The van der Waals surface area contributed by atoms with E-state index >= 15 is 0 Å². The van der Waals surface area contributed by atoms with Crippen molar-refractivity contribution in [2.45, 2.75) is 65.3 Å². The van der Waals surface area contributed by atoms with Crippen molar-refractivity contribution in [1.82, 2.24) is 14.7 Å². The number of benzene rings is 2. The van der Waals surface area contributed by atoms with Crippen LogP contribution in [-0.4, -0.2) is 65.8 Å². The first-order valence-electron chi connectivity index (χ1n) is 13.3. The molecule has 6 heteroatoms. The van der Waals surface area contributed by atoms with E-state index in [1.54, 1.807) is 12.1 Å². The molecule has 1 aliphatic heterocycles. The molecule has 2 aromatic carbocycles. The van der Waals surface area contributed by atoms with Gasteiger partial charge in [0.15, 0.2) is 0 Å². The molecule has 2 amide bonds. The van der Waals surface area contributed by atoms with Crippen LogP contribution >= 0.6 is 0 Å². The zero-order valence-corrected chi connectivity index (χ0v) is 22.4. The van der Waals surface area contributed by atoms with E-state index in [1.807, 2.05) is 21.9 Å². The molecule has 196 valence electrons. The molecule has 0 spiro atoms. The number of rotatable bonds is 10. The van der Waals surface area contributed by atoms with Crippen LogP contribution in [0.5, 0.6) is 0 Å². The van der Waals surface area contributed by atoms with Crippen molar-refractivity contribution >= 4 is 11.8 Å². The topological polar surface area (TPSA) is 43.9 Å². The predicted molar refractivity (Wildman–Crippen MR) is 143 cm³/mol. The van der Waals surface area contributed by atoms with E-state index in [0.717, 1.165) is 50.0 Å². The Balaban J connectivity index is 1.52. The number of carbonyl (C=O) groups is 2. The molecule has 3 rings (SSSR count). The minimum Gasteiger partial charge on any atom is -0.337 e. The molecule has 0 aromatic heterocycles. The van der Waals surface area contributed by atoms with Gasteiger partial charge in [0, 0.05) is 57.8 Å². The van der Waals surface area contributed by atoms with Gasteiger partial charge in [-0.25, -0.2) is 4.39 Å². The van der Waals surface area contributed by atoms with Crippen LogP contribution in [0, 0.1) is 5.82 Å². The van der Waals surface area contributed by atoms with Gasteiger partial charge in [-0.15, -0.1) is 0 Å². The van der Waals surface area contributed by atoms with Crippen molar-refractivity contribution in [3.05, 3.63) is 71.0 Å². The van der Waals surface area contributed by atoms with Crippen LogP contribution < -0.4 is 0 Å². The summed E-state index contributed by atoms with van der Waals surface area (Å²) >= 11 is 0. The van der Waals surface area contributed by atoms with Crippen LogP contribution in [0.1, 0.15) is 74.9 Å². The average Bonchev–Trinajstić information content (AvgIpc) is 2.87. The SMILES string of the molecule is CCCCCC(=O)N(CCN1CCN(C(=O)c2ccc(C(C)(C)C)cc2)CC1)Cc1ccc(F)cc1. The van der Waals surface area contributed by atoms with Gasteiger partial charge >= 0.3 is 0 Å². The number of carbonyl (C=O) groups excluding carboxylic acids is 2. The number of piperazine rings is 1. The van der Waals surface area contributed by atoms with Crippen LogP contribution in [0.2, 0.25) is 0 Å². The monoisotopic (exact) mass is 495 g/mol.